The van der Waals surface area contributed by atoms with Gasteiger partial charge in [0.2, 0.25) is 5.91 Å². The van der Waals surface area contributed by atoms with Crippen LogP contribution in [0.25, 0.3) is 0 Å². The van der Waals surface area contributed by atoms with Crippen molar-refractivity contribution in [2.24, 2.45) is 5.92 Å². The Balaban J connectivity index is 1.28. The number of aryl methyl sites for hydroxylation is 1. The summed E-state index contributed by atoms with van der Waals surface area (Å²) >= 11 is 1.53. The summed E-state index contributed by atoms with van der Waals surface area (Å²) in [6.45, 7) is 5.46. The molecule has 4 rings (SSSR count). The van der Waals surface area contributed by atoms with Gasteiger partial charge in [-0.1, -0.05) is 0 Å². The van der Waals surface area contributed by atoms with Crippen LogP contribution in [0.1, 0.15) is 54.0 Å². The van der Waals surface area contributed by atoms with Crippen molar-refractivity contribution < 1.29 is 9.59 Å². The predicted octanol–water partition coefficient (Wildman–Crippen LogP) is 2.05. The van der Waals surface area contributed by atoms with Crippen LogP contribution >= 0.6 is 11.3 Å². The van der Waals surface area contributed by atoms with Crippen molar-refractivity contribution in [2.45, 2.75) is 57.5 Å². The highest BCUT2D eigenvalue weighted by Gasteiger charge is 2.34. The predicted molar refractivity (Wildman–Crippen MR) is 101 cm³/mol. The third kappa shape index (κ3) is 4.09. The fourth-order valence-corrected chi connectivity index (χ4v) is 4.74. The number of carbonyl (C=O) groups is 2. The Bertz CT molecular complexity index is 664. The van der Waals surface area contributed by atoms with E-state index in [1.165, 1.54) is 11.3 Å². The van der Waals surface area contributed by atoms with Crippen LogP contribution in [0, 0.1) is 12.8 Å². The highest BCUT2D eigenvalue weighted by Crippen LogP contribution is 2.26. The summed E-state index contributed by atoms with van der Waals surface area (Å²) in [4.78, 5) is 33.7. The molecule has 142 valence electrons. The number of rotatable bonds is 4. The number of carbonyl (C=O) groups excluding carboxylic acids is 2. The highest BCUT2D eigenvalue weighted by atomic mass is 32.1. The molecule has 0 unspecified atom stereocenters. The molecule has 1 aromatic heterocycles. The molecule has 1 N–H and O–H groups in total. The Hall–Kier alpha value is -1.47. The second-order valence-corrected chi connectivity index (χ2v) is 8.95. The first-order valence-corrected chi connectivity index (χ1v) is 10.7. The van der Waals surface area contributed by atoms with E-state index in [-0.39, 0.29) is 17.7 Å². The second kappa shape index (κ2) is 7.64. The molecule has 3 aliphatic rings. The lowest BCUT2D eigenvalue weighted by Crippen LogP contribution is -2.51. The molecular formula is C19H28N4O2S. The van der Waals surface area contributed by atoms with Gasteiger partial charge in [-0.05, 0) is 52.0 Å². The van der Waals surface area contributed by atoms with Crippen molar-refractivity contribution in [3.8, 4) is 0 Å². The smallest absolute Gasteiger partial charge is 0.273 e. The lowest BCUT2D eigenvalue weighted by Gasteiger charge is -2.42. The van der Waals surface area contributed by atoms with Gasteiger partial charge in [-0.25, -0.2) is 4.98 Å². The largest absolute Gasteiger partial charge is 0.353 e. The van der Waals surface area contributed by atoms with Crippen LogP contribution in [0.15, 0.2) is 5.38 Å². The zero-order valence-corrected chi connectivity index (χ0v) is 16.3. The zero-order valence-electron chi connectivity index (χ0n) is 15.4. The number of amides is 2. The van der Waals surface area contributed by atoms with Gasteiger partial charge in [0.25, 0.3) is 5.91 Å². The number of hydrogen-bond donors (Lipinski definition) is 1. The fourth-order valence-electron chi connectivity index (χ4n) is 4.16. The van der Waals surface area contributed by atoms with Gasteiger partial charge in [0.1, 0.15) is 5.69 Å². The molecule has 0 radical (unpaired) electrons. The minimum atomic E-state index is 0.0631. The summed E-state index contributed by atoms with van der Waals surface area (Å²) in [5, 5.41) is 5.96. The minimum Gasteiger partial charge on any atom is -0.353 e. The second-order valence-electron chi connectivity index (χ2n) is 7.89. The van der Waals surface area contributed by atoms with E-state index in [1.54, 1.807) is 0 Å². The average Bonchev–Trinajstić information content (AvgIpc) is 3.38. The lowest BCUT2D eigenvalue weighted by atomic mass is 9.93. The molecule has 7 heteroatoms. The van der Waals surface area contributed by atoms with Gasteiger partial charge < -0.3 is 10.2 Å². The summed E-state index contributed by atoms with van der Waals surface area (Å²) < 4.78 is 0. The Morgan fingerprint density at radius 1 is 1.15 bits per heavy atom. The van der Waals surface area contributed by atoms with Gasteiger partial charge in [0.15, 0.2) is 0 Å². The van der Waals surface area contributed by atoms with E-state index < -0.39 is 0 Å². The first-order chi connectivity index (χ1) is 12.6. The van der Waals surface area contributed by atoms with Gasteiger partial charge in [-0.15, -0.1) is 11.3 Å². The molecule has 3 heterocycles. The first-order valence-electron chi connectivity index (χ1n) is 9.86. The van der Waals surface area contributed by atoms with Gasteiger partial charge in [-0.2, -0.15) is 0 Å². The molecule has 1 atom stereocenters. The van der Waals surface area contributed by atoms with E-state index in [9.17, 15) is 9.59 Å². The number of thiazole rings is 1. The van der Waals surface area contributed by atoms with Crippen LogP contribution in [-0.4, -0.2) is 64.9 Å². The molecule has 0 spiro atoms. The van der Waals surface area contributed by atoms with Crippen LogP contribution in [0.2, 0.25) is 0 Å². The molecule has 2 amide bonds. The van der Waals surface area contributed by atoms with Crippen molar-refractivity contribution in [1.82, 2.24) is 20.1 Å². The molecule has 2 aliphatic heterocycles. The Morgan fingerprint density at radius 2 is 1.92 bits per heavy atom. The monoisotopic (exact) mass is 376 g/mol. The SMILES string of the molecule is Cc1nc(C(=O)N2CCC(N3CCC[C@@H](C(=O)NC4CC4)C3)CC2)cs1. The van der Waals surface area contributed by atoms with E-state index in [1.807, 2.05) is 17.2 Å². The summed E-state index contributed by atoms with van der Waals surface area (Å²) in [5.74, 6) is 0.457. The van der Waals surface area contributed by atoms with Gasteiger partial charge in [-0.3, -0.25) is 14.5 Å². The van der Waals surface area contributed by atoms with E-state index in [2.05, 4.69) is 15.2 Å². The molecular weight excluding hydrogens is 348 g/mol. The van der Waals surface area contributed by atoms with E-state index >= 15 is 0 Å². The van der Waals surface area contributed by atoms with Crippen molar-refractivity contribution in [3.05, 3.63) is 16.1 Å². The van der Waals surface area contributed by atoms with Crippen molar-refractivity contribution >= 4 is 23.2 Å². The van der Waals surface area contributed by atoms with Crippen molar-refractivity contribution in [1.29, 1.82) is 0 Å². The molecule has 1 saturated carbocycles. The van der Waals surface area contributed by atoms with Crippen LogP contribution in [0.5, 0.6) is 0 Å². The highest BCUT2D eigenvalue weighted by molar-refractivity contribution is 7.09. The summed E-state index contributed by atoms with van der Waals surface area (Å²) in [7, 11) is 0. The standard InChI is InChI=1S/C19H28N4O2S/c1-13-20-17(12-26-13)19(25)22-9-6-16(7-10-22)23-8-2-3-14(11-23)18(24)21-15-4-5-15/h12,14-16H,2-11H2,1H3,(H,21,24)/t14-/m1/s1. The third-order valence-corrected chi connectivity index (χ3v) is 6.63. The van der Waals surface area contributed by atoms with E-state index in [0.29, 0.717) is 17.8 Å². The van der Waals surface area contributed by atoms with Gasteiger partial charge in [0.05, 0.1) is 10.9 Å². The molecule has 0 bridgehead atoms. The van der Waals surface area contributed by atoms with E-state index in [4.69, 9.17) is 0 Å². The maximum atomic E-state index is 12.5. The van der Waals surface area contributed by atoms with E-state index in [0.717, 1.165) is 69.7 Å². The van der Waals surface area contributed by atoms with Crippen LogP contribution in [0.4, 0.5) is 0 Å². The fraction of sp³-hybridized carbons (Fsp3) is 0.737. The Morgan fingerprint density at radius 3 is 2.58 bits per heavy atom. The van der Waals surface area contributed by atoms with Crippen LogP contribution < -0.4 is 5.32 Å². The number of piperidine rings is 2. The molecule has 1 aliphatic carbocycles. The number of hydrogen-bond acceptors (Lipinski definition) is 5. The summed E-state index contributed by atoms with van der Waals surface area (Å²) in [6.07, 6.45) is 6.38. The number of aromatic nitrogens is 1. The summed E-state index contributed by atoms with van der Waals surface area (Å²) in [5.41, 5.74) is 0.584. The molecule has 3 fully saturated rings. The molecule has 26 heavy (non-hydrogen) atoms. The topological polar surface area (TPSA) is 65.5 Å². The van der Waals surface area contributed by atoms with Crippen LogP contribution in [-0.2, 0) is 4.79 Å². The average molecular weight is 377 g/mol. The Kier molecular flexibility index (Phi) is 5.27. The molecule has 6 nitrogen and oxygen atoms in total. The molecule has 1 aromatic rings. The number of nitrogens with one attached hydrogen (secondary N) is 1. The normalized spacial score (nSPS) is 25.3. The van der Waals surface area contributed by atoms with Gasteiger partial charge >= 0.3 is 0 Å². The summed E-state index contributed by atoms with van der Waals surface area (Å²) in [6, 6.07) is 0.939. The third-order valence-electron chi connectivity index (χ3n) is 5.85. The van der Waals surface area contributed by atoms with Crippen molar-refractivity contribution in [3.63, 3.8) is 0 Å². The van der Waals surface area contributed by atoms with Gasteiger partial charge in [0, 0.05) is 37.1 Å². The number of nitrogens with zero attached hydrogens (tertiary/aromatic N) is 3. The molecule has 0 aromatic carbocycles. The molecule has 2 saturated heterocycles. The zero-order chi connectivity index (χ0) is 18.1. The Labute approximate surface area is 159 Å². The lowest BCUT2D eigenvalue weighted by molar-refractivity contribution is -0.127. The minimum absolute atomic E-state index is 0.0631. The maximum Gasteiger partial charge on any atom is 0.273 e. The van der Waals surface area contributed by atoms with Crippen molar-refractivity contribution in [2.75, 3.05) is 26.2 Å². The van der Waals surface area contributed by atoms with Crippen LogP contribution in [0.3, 0.4) is 0 Å². The number of likely N-dealkylation sites (tertiary alicyclic amines) is 2. The quantitative estimate of drug-likeness (QED) is 0.873. The first kappa shape index (κ1) is 17.9. The maximum absolute atomic E-state index is 12.5.